The molecule has 1 amide bonds. The average molecular weight is 610 g/mol. The number of rotatable bonds is 7. The molecule has 2 atom stereocenters. The number of thioether (sulfide) groups is 1. The Morgan fingerprint density at radius 3 is 2.82 bits per heavy atom. The van der Waals surface area contributed by atoms with Crippen molar-refractivity contribution in [3.05, 3.63) is 46.4 Å². The van der Waals surface area contributed by atoms with Crippen molar-refractivity contribution in [1.29, 1.82) is 0 Å². The van der Waals surface area contributed by atoms with Gasteiger partial charge in [0.2, 0.25) is 5.52 Å². The highest BCUT2D eigenvalue weighted by molar-refractivity contribution is 8.03. The van der Waals surface area contributed by atoms with Crippen molar-refractivity contribution in [1.82, 2.24) is 9.38 Å². The smallest absolute Gasteiger partial charge is 0.282 e. The summed E-state index contributed by atoms with van der Waals surface area (Å²) in [6.07, 6.45) is 5.42. The number of hydrogen-bond donors (Lipinski definition) is 2. The van der Waals surface area contributed by atoms with E-state index in [1.54, 1.807) is 35.2 Å². The van der Waals surface area contributed by atoms with Crippen molar-refractivity contribution >= 4 is 73.1 Å². The first-order valence-corrected chi connectivity index (χ1v) is 16.3. The van der Waals surface area contributed by atoms with E-state index in [2.05, 4.69) is 20.0 Å². The Morgan fingerprint density at radius 1 is 1.26 bits per heavy atom. The maximum absolute atomic E-state index is 13.6. The highest BCUT2D eigenvalue weighted by Crippen LogP contribution is 2.64. The molecule has 4 heterocycles. The second-order valence-electron chi connectivity index (χ2n) is 9.81. The summed E-state index contributed by atoms with van der Waals surface area (Å²) in [6, 6.07) is 10.5. The summed E-state index contributed by atoms with van der Waals surface area (Å²) < 4.78 is 42.1. The lowest BCUT2D eigenvalue weighted by molar-refractivity contribution is -0.642. The summed E-state index contributed by atoms with van der Waals surface area (Å²) in [7, 11) is -2.45. The molecule has 206 valence electrons. The Bertz CT molecular complexity index is 1640. The second-order valence-corrected chi connectivity index (χ2v) is 14.1. The van der Waals surface area contributed by atoms with Crippen molar-refractivity contribution in [3.63, 3.8) is 0 Å². The molecule has 1 aromatic heterocycles. The van der Waals surface area contributed by atoms with Crippen LogP contribution in [0.2, 0.25) is 0 Å². The number of aromatic nitrogens is 1. The third kappa shape index (κ3) is 4.08. The number of hydrogen-bond acceptors (Lipinski definition) is 9. The largest absolute Gasteiger partial charge is 0.312 e. The zero-order chi connectivity index (χ0) is 27.6. The lowest BCUT2D eigenvalue weighted by Crippen LogP contribution is -2.62. The summed E-state index contributed by atoms with van der Waals surface area (Å²) in [4.78, 5) is 17.1. The molecule has 6 rings (SSSR count). The number of amides is 1. The monoisotopic (exact) mass is 609 g/mol. The SMILES string of the molecule is CCCN1C(=O)C12CCCC[N+]21C(=Cc2sc3ccc(SOOO)cc3[n+]2C)Sc2ccc(S(=O)(=O)O)cc21. The summed E-state index contributed by atoms with van der Waals surface area (Å²) >= 11 is 4.06. The zero-order valence-corrected chi connectivity index (χ0v) is 24.5. The summed E-state index contributed by atoms with van der Waals surface area (Å²) in [6.45, 7) is 3.34. The van der Waals surface area contributed by atoms with Gasteiger partial charge in [0.15, 0.2) is 10.7 Å². The minimum atomic E-state index is -4.42. The quantitative estimate of drug-likeness (QED) is 0.0730. The van der Waals surface area contributed by atoms with Crippen LogP contribution < -0.4 is 9.05 Å². The van der Waals surface area contributed by atoms with Crippen LogP contribution in [0.25, 0.3) is 16.3 Å². The van der Waals surface area contributed by atoms with E-state index in [1.165, 1.54) is 6.07 Å². The molecule has 14 heteroatoms. The van der Waals surface area contributed by atoms with Gasteiger partial charge in [0.05, 0.1) is 34.5 Å². The van der Waals surface area contributed by atoms with Gasteiger partial charge in [-0.1, -0.05) is 23.3 Å². The number of aryl methyl sites for hydroxylation is 1. The van der Waals surface area contributed by atoms with Gasteiger partial charge in [-0.3, -0.25) is 14.2 Å². The van der Waals surface area contributed by atoms with Crippen molar-refractivity contribution in [3.8, 4) is 0 Å². The van der Waals surface area contributed by atoms with E-state index < -0.39 is 15.8 Å². The van der Waals surface area contributed by atoms with Gasteiger partial charge in [-0.2, -0.15) is 13.0 Å². The first-order valence-electron chi connectivity index (χ1n) is 12.5. The molecule has 2 saturated heterocycles. The topological polar surface area (TPSA) is 117 Å². The Hall–Kier alpha value is -2.01. The Kier molecular flexibility index (Phi) is 6.84. The first-order chi connectivity index (χ1) is 18.7. The van der Waals surface area contributed by atoms with Crippen LogP contribution in [0.15, 0.2) is 56.1 Å². The van der Waals surface area contributed by atoms with Crippen LogP contribution >= 0.6 is 35.1 Å². The zero-order valence-electron chi connectivity index (χ0n) is 21.2. The van der Waals surface area contributed by atoms with Gasteiger partial charge < -0.3 is 0 Å². The third-order valence-electron chi connectivity index (χ3n) is 7.81. The fraction of sp³-hybridized carbons (Fsp3) is 0.360. The van der Waals surface area contributed by atoms with Crippen molar-refractivity contribution < 1.29 is 37.0 Å². The van der Waals surface area contributed by atoms with E-state index in [9.17, 15) is 17.8 Å². The molecule has 3 aromatic rings. The fourth-order valence-corrected chi connectivity index (χ4v) is 9.49. The van der Waals surface area contributed by atoms with E-state index >= 15 is 0 Å². The van der Waals surface area contributed by atoms with Crippen LogP contribution in [0.3, 0.4) is 0 Å². The normalized spacial score (nSPS) is 25.4. The number of nitrogens with zero attached hydrogens (tertiary/aromatic N) is 3. The van der Waals surface area contributed by atoms with Crippen LogP contribution in [-0.4, -0.2) is 47.8 Å². The lowest BCUT2D eigenvalue weighted by Gasteiger charge is -2.43. The number of benzene rings is 2. The molecule has 0 saturated carbocycles. The van der Waals surface area contributed by atoms with Crippen LogP contribution in [0, 0.1) is 0 Å². The molecule has 2 fully saturated rings. The first kappa shape index (κ1) is 27.2. The molecule has 2 N–H and O–H groups in total. The molecule has 0 radical (unpaired) electrons. The summed E-state index contributed by atoms with van der Waals surface area (Å²) in [5.74, 6) is 0.0918. The molecule has 0 bridgehead atoms. The van der Waals surface area contributed by atoms with Crippen LogP contribution in [0.5, 0.6) is 0 Å². The number of thiazole rings is 1. The predicted molar refractivity (Wildman–Crippen MR) is 149 cm³/mol. The molecule has 3 aliphatic rings. The number of carbonyl (C=O) groups excluding carboxylic acids is 1. The molecule has 2 aromatic carbocycles. The number of piperidine rings is 1. The molecule has 3 aliphatic heterocycles. The van der Waals surface area contributed by atoms with Gasteiger partial charge in [0, 0.05) is 30.0 Å². The number of fused-ring (bicyclic) bond motifs is 4. The van der Waals surface area contributed by atoms with E-state index in [0.717, 1.165) is 67.0 Å². The standard InChI is InChI=1S/C25H25N3O7S4/c1-3-11-27-24(29)25(27)10-4-5-12-28(25)19-14-17(39(31,32)33)7-9-21(19)37-23(28)15-22-26(2)18-13-16(38-35-34-30)6-8-20(18)36-22/h6-9,13-15H,3-5,10-12H2,1-2H3/p+2. The van der Waals surface area contributed by atoms with Crippen LogP contribution in [-0.2, 0) is 31.3 Å². The van der Waals surface area contributed by atoms with E-state index in [4.69, 9.17) is 5.26 Å². The molecule has 2 spiro atoms. The van der Waals surface area contributed by atoms with Crippen molar-refractivity contribution in [2.45, 2.75) is 53.0 Å². The van der Waals surface area contributed by atoms with Crippen LogP contribution in [0.4, 0.5) is 5.69 Å². The van der Waals surface area contributed by atoms with Gasteiger partial charge in [-0.05, 0) is 55.3 Å². The molecular formula is C25H27N3O7S4+2. The van der Waals surface area contributed by atoms with Crippen LogP contribution in [0.1, 0.15) is 37.6 Å². The van der Waals surface area contributed by atoms with Gasteiger partial charge >= 0.3 is 5.91 Å². The Labute approximate surface area is 238 Å². The molecule has 10 nitrogen and oxygen atoms in total. The number of quaternary nitrogens is 1. The predicted octanol–water partition coefficient (Wildman–Crippen LogP) is 4.94. The Balaban J connectivity index is 1.54. The average Bonchev–Trinajstić information content (AvgIpc) is 3.17. The van der Waals surface area contributed by atoms with Gasteiger partial charge in [-0.25, -0.2) is 9.74 Å². The molecular weight excluding hydrogens is 583 g/mol. The molecule has 0 aliphatic carbocycles. The highest BCUT2D eigenvalue weighted by Gasteiger charge is 2.79. The summed E-state index contributed by atoms with van der Waals surface area (Å²) in [5, 5.41) is 14.1. The second kappa shape index (κ2) is 9.82. The van der Waals surface area contributed by atoms with Gasteiger partial charge in [0.1, 0.15) is 11.7 Å². The minimum absolute atomic E-state index is 0.0918. The fourth-order valence-electron chi connectivity index (χ4n) is 6.10. The maximum atomic E-state index is 13.6. The highest BCUT2D eigenvalue weighted by atomic mass is 32.2. The molecule has 2 unspecified atom stereocenters. The lowest BCUT2D eigenvalue weighted by atomic mass is 9.96. The van der Waals surface area contributed by atoms with Crippen molar-refractivity contribution in [2.75, 3.05) is 13.1 Å². The number of carbonyl (C=O) groups is 1. The van der Waals surface area contributed by atoms with E-state index in [1.807, 2.05) is 37.1 Å². The van der Waals surface area contributed by atoms with Gasteiger partial charge in [0.25, 0.3) is 20.8 Å². The Morgan fingerprint density at radius 2 is 2.08 bits per heavy atom. The maximum Gasteiger partial charge on any atom is 0.312 e. The minimum Gasteiger partial charge on any atom is -0.282 e. The third-order valence-corrected chi connectivity index (χ3v) is 11.6. The summed E-state index contributed by atoms with van der Waals surface area (Å²) in [5.41, 5.74) is 0.927. The van der Waals surface area contributed by atoms with E-state index in [-0.39, 0.29) is 15.3 Å². The van der Waals surface area contributed by atoms with Crippen molar-refractivity contribution in [2.24, 2.45) is 7.05 Å². The molecule has 39 heavy (non-hydrogen) atoms. The van der Waals surface area contributed by atoms with E-state index in [0.29, 0.717) is 19.5 Å². The van der Waals surface area contributed by atoms with Gasteiger partial charge in [-0.15, -0.1) is 4.33 Å².